The fraction of sp³-hybridized carbons (Fsp3) is 0.500. The first-order chi connectivity index (χ1) is 8.60. The standard InChI is InChI=1S/C12H14BrF2NO2/c1-17-10-5-7(6-16-8-2-3-8)4-9(13)11(10)18-12(14)15/h4-5,8,12,16H,2-3,6H2,1H3. The quantitative estimate of drug-likeness (QED) is 0.872. The van der Waals surface area contributed by atoms with Gasteiger partial charge in [0.1, 0.15) is 0 Å². The van der Waals surface area contributed by atoms with Gasteiger partial charge in [0, 0.05) is 12.6 Å². The summed E-state index contributed by atoms with van der Waals surface area (Å²) in [6, 6.07) is 4.06. The van der Waals surface area contributed by atoms with Gasteiger partial charge >= 0.3 is 6.61 Å². The molecular weight excluding hydrogens is 308 g/mol. The maximum atomic E-state index is 12.3. The monoisotopic (exact) mass is 321 g/mol. The minimum Gasteiger partial charge on any atom is -0.493 e. The Kier molecular flexibility index (Phi) is 4.40. The van der Waals surface area contributed by atoms with E-state index in [1.807, 2.05) is 0 Å². The van der Waals surface area contributed by atoms with Crippen LogP contribution in [-0.4, -0.2) is 19.8 Å². The van der Waals surface area contributed by atoms with Crippen LogP contribution in [0, 0.1) is 0 Å². The highest BCUT2D eigenvalue weighted by Gasteiger charge is 2.21. The molecule has 100 valence electrons. The van der Waals surface area contributed by atoms with Crippen molar-refractivity contribution < 1.29 is 18.3 Å². The van der Waals surface area contributed by atoms with Crippen LogP contribution < -0.4 is 14.8 Å². The third kappa shape index (κ3) is 3.55. The largest absolute Gasteiger partial charge is 0.493 e. The van der Waals surface area contributed by atoms with Gasteiger partial charge in [0.25, 0.3) is 0 Å². The molecule has 1 aliphatic rings. The predicted molar refractivity (Wildman–Crippen MR) is 67.2 cm³/mol. The fourth-order valence-corrected chi connectivity index (χ4v) is 2.21. The van der Waals surface area contributed by atoms with Crippen molar-refractivity contribution in [2.24, 2.45) is 0 Å². The molecule has 18 heavy (non-hydrogen) atoms. The normalized spacial score (nSPS) is 14.9. The van der Waals surface area contributed by atoms with Crippen LogP contribution in [0.3, 0.4) is 0 Å². The van der Waals surface area contributed by atoms with Crippen molar-refractivity contribution in [1.82, 2.24) is 5.32 Å². The Bertz CT molecular complexity index is 425. The molecule has 0 heterocycles. The van der Waals surface area contributed by atoms with E-state index in [4.69, 9.17) is 4.74 Å². The Morgan fingerprint density at radius 2 is 2.17 bits per heavy atom. The lowest BCUT2D eigenvalue weighted by molar-refractivity contribution is -0.0517. The zero-order valence-corrected chi connectivity index (χ0v) is 11.5. The molecule has 1 aromatic carbocycles. The summed E-state index contributed by atoms with van der Waals surface area (Å²) in [6.45, 7) is -2.18. The maximum Gasteiger partial charge on any atom is 0.387 e. The van der Waals surface area contributed by atoms with E-state index in [0.29, 0.717) is 22.8 Å². The zero-order valence-electron chi connectivity index (χ0n) is 9.88. The highest BCUT2D eigenvalue weighted by molar-refractivity contribution is 9.10. The molecule has 3 nitrogen and oxygen atoms in total. The molecule has 0 amide bonds. The number of methoxy groups -OCH3 is 1. The van der Waals surface area contributed by atoms with Crippen LogP contribution in [0.5, 0.6) is 11.5 Å². The van der Waals surface area contributed by atoms with Gasteiger partial charge in [-0.25, -0.2) is 0 Å². The van der Waals surface area contributed by atoms with E-state index >= 15 is 0 Å². The Morgan fingerprint density at radius 3 is 2.72 bits per heavy atom. The summed E-state index contributed by atoms with van der Waals surface area (Å²) in [7, 11) is 1.43. The molecule has 0 saturated heterocycles. The van der Waals surface area contributed by atoms with Crippen molar-refractivity contribution in [2.75, 3.05) is 7.11 Å². The number of ether oxygens (including phenoxy) is 2. The highest BCUT2D eigenvalue weighted by Crippen LogP contribution is 2.37. The van der Waals surface area contributed by atoms with E-state index in [0.717, 1.165) is 5.56 Å². The molecule has 6 heteroatoms. The molecule has 0 aliphatic heterocycles. The molecular formula is C12H14BrF2NO2. The Morgan fingerprint density at radius 1 is 1.44 bits per heavy atom. The van der Waals surface area contributed by atoms with Gasteiger partial charge in [-0.15, -0.1) is 0 Å². The molecule has 0 spiro atoms. The van der Waals surface area contributed by atoms with Crippen LogP contribution in [0.25, 0.3) is 0 Å². The van der Waals surface area contributed by atoms with Gasteiger partial charge in [-0.3, -0.25) is 0 Å². The van der Waals surface area contributed by atoms with Crippen LogP contribution in [0.15, 0.2) is 16.6 Å². The third-order valence-corrected chi connectivity index (χ3v) is 3.26. The first kappa shape index (κ1) is 13.5. The summed E-state index contributed by atoms with van der Waals surface area (Å²) >= 11 is 3.22. The second-order valence-electron chi connectivity index (χ2n) is 4.14. The SMILES string of the molecule is COc1cc(CNC2CC2)cc(Br)c1OC(F)F. The summed E-state index contributed by atoms with van der Waals surface area (Å²) < 4.78 is 34.5. The van der Waals surface area contributed by atoms with E-state index in [2.05, 4.69) is 26.0 Å². The number of alkyl halides is 2. The van der Waals surface area contributed by atoms with Crippen LogP contribution in [0.2, 0.25) is 0 Å². The van der Waals surface area contributed by atoms with Crippen LogP contribution >= 0.6 is 15.9 Å². The molecule has 1 N–H and O–H groups in total. The van der Waals surface area contributed by atoms with Crippen molar-refractivity contribution in [3.8, 4) is 11.5 Å². The molecule has 1 fully saturated rings. The fourth-order valence-electron chi connectivity index (χ4n) is 1.63. The second kappa shape index (κ2) is 5.84. The molecule has 0 radical (unpaired) electrons. The summed E-state index contributed by atoms with van der Waals surface area (Å²) in [5.74, 6) is 0.333. The number of hydrogen-bond donors (Lipinski definition) is 1. The number of halogens is 3. The summed E-state index contributed by atoms with van der Waals surface area (Å²) in [5.41, 5.74) is 0.965. The number of hydrogen-bond acceptors (Lipinski definition) is 3. The summed E-state index contributed by atoms with van der Waals surface area (Å²) in [4.78, 5) is 0. The molecule has 0 aromatic heterocycles. The average Bonchev–Trinajstić information content (AvgIpc) is 3.12. The zero-order chi connectivity index (χ0) is 13.1. The molecule has 1 aromatic rings. The van der Waals surface area contributed by atoms with Crippen LogP contribution in [0.1, 0.15) is 18.4 Å². The van der Waals surface area contributed by atoms with Crippen molar-refractivity contribution >= 4 is 15.9 Å². The molecule has 0 atom stereocenters. The minimum absolute atomic E-state index is 0.0303. The molecule has 1 saturated carbocycles. The summed E-state index contributed by atoms with van der Waals surface area (Å²) in [5, 5.41) is 3.35. The second-order valence-corrected chi connectivity index (χ2v) is 5.00. The van der Waals surface area contributed by atoms with E-state index in [9.17, 15) is 8.78 Å². The number of benzene rings is 1. The van der Waals surface area contributed by atoms with Gasteiger partial charge in [0.05, 0.1) is 11.6 Å². The summed E-state index contributed by atoms with van der Waals surface area (Å²) in [6.07, 6.45) is 2.40. The smallest absolute Gasteiger partial charge is 0.387 e. The van der Waals surface area contributed by atoms with Gasteiger partial charge < -0.3 is 14.8 Å². The molecule has 1 aliphatic carbocycles. The first-order valence-electron chi connectivity index (χ1n) is 5.64. The van der Waals surface area contributed by atoms with E-state index < -0.39 is 6.61 Å². The lowest BCUT2D eigenvalue weighted by Crippen LogP contribution is -2.15. The van der Waals surface area contributed by atoms with E-state index in [-0.39, 0.29) is 5.75 Å². The average molecular weight is 322 g/mol. The van der Waals surface area contributed by atoms with Crippen molar-refractivity contribution in [3.63, 3.8) is 0 Å². The van der Waals surface area contributed by atoms with Gasteiger partial charge in [-0.1, -0.05) is 0 Å². The van der Waals surface area contributed by atoms with Crippen LogP contribution in [0.4, 0.5) is 8.78 Å². The van der Waals surface area contributed by atoms with Gasteiger partial charge in [0.2, 0.25) is 0 Å². The van der Waals surface area contributed by atoms with Crippen LogP contribution in [-0.2, 0) is 6.54 Å². The Balaban J connectivity index is 2.15. The highest BCUT2D eigenvalue weighted by atomic mass is 79.9. The predicted octanol–water partition coefficient (Wildman–Crippen LogP) is 3.31. The minimum atomic E-state index is -2.87. The lowest BCUT2D eigenvalue weighted by Gasteiger charge is -2.14. The third-order valence-electron chi connectivity index (χ3n) is 2.67. The van der Waals surface area contributed by atoms with Gasteiger partial charge in [0.15, 0.2) is 11.5 Å². The van der Waals surface area contributed by atoms with E-state index in [1.54, 1.807) is 12.1 Å². The molecule has 2 rings (SSSR count). The van der Waals surface area contributed by atoms with Gasteiger partial charge in [-0.05, 0) is 46.5 Å². The lowest BCUT2D eigenvalue weighted by atomic mass is 10.2. The molecule has 0 bridgehead atoms. The molecule has 0 unspecified atom stereocenters. The van der Waals surface area contributed by atoms with Crippen molar-refractivity contribution in [2.45, 2.75) is 32.0 Å². The Hall–Kier alpha value is -0.880. The Labute approximate surface area is 113 Å². The van der Waals surface area contributed by atoms with Crippen molar-refractivity contribution in [3.05, 3.63) is 22.2 Å². The van der Waals surface area contributed by atoms with E-state index in [1.165, 1.54) is 20.0 Å². The maximum absolute atomic E-state index is 12.3. The van der Waals surface area contributed by atoms with Gasteiger partial charge in [-0.2, -0.15) is 8.78 Å². The number of nitrogens with one attached hydrogen (secondary N) is 1. The first-order valence-corrected chi connectivity index (χ1v) is 6.44. The number of rotatable bonds is 6. The topological polar surface area (TPSA) is 30.5 Å². The van der Waals surface area contributed by atoms with Crippen molar-refractivity contribution in [1.29, 1.82) is 0 Å².